The summed E-state index contributed by atoms with van der Waals surface area (Å²) in [5.74, 6) is 0. The first-order valence-electron chi connectivity index (χ1n) is 5.33. The highest BCUT2D eigenvalue weighted by atomic mass is 35.6. The smallest absolute Gasteiger partial charge is 0.146 e. The van der Waals surface area contributed by atoms with E-state index < -0.39 is 8.11 Å². The first-order valence-corrected chi connectivity index (χ1v) is 8.47. The molecule has 0 aliphatic heterocycles. The Balaban J connectivity index is 3.32. The number of rotatable bonds is 6. The van der Waals surface area contributed by atoms with Gasteiger partial charge < -0.3 is 5.32 Å². The largest absolute Gasteiger partial charge is 0.317 e. The molecule has 1 unspecified atom stereocenters. The molecule has 0 bridgehead atoms. The second kappa shape index (κ2) is 6.85. The maximum absolute atomic E-state index is 6.39. The summed E-state index contributed by atoms with van der Waals surface area (Å²) in [4.78, 5) is 0. The molecule has 0 aromatic rings. The van der Waals surface area contributed by atoms with Crippen molar-refractivity contribution in [1.82, 2.24) is 5.32 Å². The van der Waals surface area contributed by atoms with Crippen LogP contribution in [0.5, 0.6) is 0 Å². The van der Waals surface area contributed by atoms with E-state index in [-0.39, 0.29) is 0 Å². The maximum atomic E-state index is 6.39. The van der Waals surface area contributed by atoms with Crippen molar-refractivity contribution in [3.05, 3.63) is 0 Å². The number of hydrogen-bond acceptors (Lipinski definition) is 1. The second-order valence-corrected chi connectivity index (χ2v) is 9.51. The minimum atomic E-state index is -0.998. The van der Waals surface area contributed by atoms with Gasteiger partial charge in [-0.1, -0.05) is 34.1 Å². The Bertz CT molecular complexity index is 123. The molecule has 0 aliphatic rings. The lowest BCUT2D eigenvalue weighted by Gasteiger charge is -2.23. The molecule has 3 heteroatoms. The van der Waals surface area contributed by atoms with Crippen LogP contribution >= 0.6 is 11.1 Å². The fraction of sp³-hybridized carbons (Fsp3) is 1.00. The average molecular weight is 222 g/mol. The van der Waals surface area contributed by atoms with Gasteiger partial charge in [0.2, 0.25) is 0 Å². The van der Waals surface area contributed by atoms with Crippen molar-refractivity contribution < 1.29 is 0 Å². The fourth-order valence-corrected chi connectivity index (χ4v) is 3.16. The van der Waals surface area contributed by atoms with Crippen molar-refractivity contribution >= 4 is 19.2 Å². The van der Waals surface area contributed by atoms with Crippen molar-refractivity contribution in [3.8, 4) is 0 Å². The maximum Gasteiger partial charge on any atom is 0.146 e. The quantitative estimate of drug-likeness (QED) is 0.413. The molecule has 0 aliphatic carbocycles. The zero-order valence-corrected chi connectivity index (χ0v) is 11.4. The molecule has 1 N–H and O–H groups in total. The van der Waals surface area contributed by atoms with Crippen LogP contribution in [0.3, 0.4) is 0 Å². The van der Waals surface area contributed by atoms with E-state index in [0.29, 0.717) is 5.04 Å². The second-order valence-electron chi connectivity index (χ2n) is 4.68. The lowest BCUT2D eigenvalue weighted by Crippen LogP contribution is -2.19. The van der Waals surface area contributed by atoms with E-state index in [1.54, 1.807) is 0 Å². The van der Waals surface area contributed by atoms with E-state index in [1.165, 1.54) is 18.9 Å². The summed E-state index contributed by atoms with van der Waals surface area (Å²) < 4.78 is 0. The monoisotopic (exact) mass is 221 g/mol. The lowest BCUT2D eigenvalue weighted by atomic mass is 10.2. The number of nitrogens with one attached hydrogen (secondary N) is 1. The molecule has 0 aromatic carbocycles. The van der Waals surface area contributed by atoms with Crippen molar-refractivity contribution in [1.29, 1.82) is 0 Å². The van der Waals surface area contributed by atoms with Crippen LogP contribution in [0.1, 0.15) is 40.5 Å². The third-order valence-corrected chi connectivity index (χ3v) is 7.66. The third-order valence-electron chi connectivity index (χ3n) is 2.25. The van der Waals surface area contributed by atoms with Gasteiger partial charge in [0, 0.05) is 0 Å². The lowest BCUT2D eigenvalue weighted by molar-refractivity contribution is 0.655. The van der Waals surface area contributed by atoms with E-state index in [4.69, 9.17) is 11.1 Å². The van der Waals surface area contributed by atoms with E-state index in [9.17, 15) is 0 Å². The molecule has 0 aromatic heterocycles. The summed E-state index contributed by atoms with van der Waals surface area (Å²) >= 11 is 6.39. The molecule has 1 atom stereocenters. The van der Waals surface area contributed by atoms with Gasteiger partial charge in [-0.3, -0.25) is 0 Å². The highest BCUT2D eigenvalue weighted by molar-refractivity contribution is 7.08. The minimum absolute atomic E-state index is 0.389. The van der Waals surface area contributed by atoms with E-state index in [0.717, 1.165) is 13.1 Å². The van der Waals surface area contributed by atoms with Gasteiger partial charge in [-0.25, -0.2) is 0 Å². The molecule has 0 radical (unpaired) electrons. The zero-order valence-electron chi connectivity index (χ0n) is 9.49. The van der Waals surface area contributed by atoms with Crippen LogP contribution in [0.2, 0.25) is 11.1 Å². The Morgan fingerprint density at radius 2 is 1.85 bits per heavy atom. The summed E-state index contributed by atoms with van der Waals surface area (Å²) in [6.45, 7) is 11.2. The fourth-order valence-electron chi connectivity index (χ4n) is 1.18. The topological polar surface area (TPSA) is 12.0 Å². The van der Waals surface area contributed by atoms with Gasteiger partial charge in [-0.15, -0.1) is 0 Å². The molecular weight excluding hydrogens is 198 g/mol. The molecule has 0 amide bonds. The van der Waals surface area contributed by atoms with Crippen LogP contribution in [0.25, 0.3) is 0 Å². The van der Waals surface area contributed by atoms with Gasteiger partial charge in [-0.2, -0.15) is 11.1 Å². The van der Waals surface area contributed by atoms with Crippen LogP contribution in [-0.4, -0.2) is 21.2 Å². The summed E-state index contributed by atoms with van der Waals surface area (Å²) in [5.41, 5.74) is 0. The molecule has 0 rings (SSSR count). The van der Waals surface area contributed by atoms with Crippen LogP contribution in [0, 0.1) is 0 Å². The number of halogens is 1. The van der Waals surface area contributed by atoms with E-state index in [1.807, 2.05) is 0 Å². The number of hydrogen-bond donors (Lipinski definition) is 1. The van der Waals surface area contributed by atoms with Crippen LogP contribution in [0.15, 0.2) is 0 Å². The summed E-state index contributed by atoms with van der Waals surface area (Å²) in [6, 6.07) is 1.27. The Morgan fingerprint density at radius 3 is 2.31 bits per heavy atom. The zero-order chi connectivity index (χ0) is 10.3. The molecule has 0 spiro atoms. The number of unbranched alkanes of at least 4 members (excludes halogenated alkanes) is 1. The highest BCUT2D eigenvalue weighted by Crippen LogP contribution is 2.32. The first-order chi connectivity index (χ1) is 5.98. The van der Waals surface area contributed by atoms with Gasteiger partial charge >= 0.3 is 0 Å². The normalized spacial score (nSPS) is 14.5. The summed E-state index contributed by atoms with van der Waals surface area (Å²) in [6.07, 6.45) is 2.57. The van der Waals surface area contributed by atoms with Crippen LogP contribution in [0.4, 0.5) is 0 Å². The minimum Gasteiger partial charge on any atom is -0.317 e. The highest BCUT2D eigenvalue weighted by Gasteiger charge is 2.23. The Hall–Kier alpha value is 0.467. The van der Waals surface area contributed by atoms with Gasteiger partial charge in [0.05, 0.1) is 0 Å². The van der Waals surface area contributed by atoms with Crippen molar-refractivity contribution in [2.24, 2.45) is 0 Å². The standard InChI is InChI=1S/C10H24ClNSi/c1-5-12-8-6-7-9-13(11)10(2,3)4/h12-13H,5-9H2,1-4H3. The van der Waals surface area contributed by atoms with Gasteiger partial charge in [0.25, 0.3) is 0 Å². The predicted molar refractivity (Wildman–Crippen MR) is 65.3 cm³/mol. The summed E-state index contributed by atoms with van der Waals surface area (Å²) in [7, 11) is -0.998. The molecule has 0 saturated heterocycles. The van der Waals surface area contributed by atoms with Crippen LogP contribution in [-0.2, 0) is 0 Å². The Kier molecular flexibility index (Phi) is 7.10. The van der Waals surface area contributed by atoms with Crippen molar-refractivity contribution in [2.75, 3.05) is 13.1 Å². The summed E-state index contributed by atoms with van der Waals surface area (Å²) in [5, 5.41) is 3.72. The molecule has 0 fully saturated rings. The van der Waals surface area contributed by atoms with E-state index >= 15 is 0 Å². The van der Waals surface area contributed by atoms with Crippen molar-refractivity contribution in [3.63, 3.8) is 0 Å². The molecular formula is C10H24ClNSi. The van der Waals surface area contributed by atoms with Gasteiger partial charge in [0.1, 0.15) is 8.11 Å². The molecule has 1 nitrogen and oxygen atoms in total. The molecule has 13 heavy (non-hydrogen) atoms. The van der Waals surface area contributed by atoms with Crippen LogP contribution < -0.4 is 5.32 Å². The Labute approximate surface area is 89.6 Å². The average Bonchev–Trinajstić information content (AvgIpc) is 2.02. The SMILES string of the molecule is CCNCCCC[SiH](Cl)C(C)(C)C. The molecule has 0 saturated carbocycles. The molecule has 80 valence electrons. The first kappa shape index (κ1) is 13.5. The predicted octanol–water partition coefficient (Wildman–Crippen LogP) is 3.14. The Morgan fingerprint density at radius 1 is 1.23 bits per heavy atom. The van der Waals surface area contributed by atoms with Gasteiger partial charge in [-0.05, 0) is 30.6 Å². The third kappa shape index (κ3) is 7.53. The van der Waals surface area contributed by atoms with Crippen molar-refractivity contribution in [2.45, 2.75) is 51.6 Å². The van der Waals surface area contributed by atoms with Gasteiger partial charge in [0.15, 0.2) is 0 Å². The van der Waals surface area contributed by atoms with E-state index in [2.05, 4.69) is 33.0 Å². The molecule has 0 heterocycles.